The highest BCUT2D eigenvalue weighted by Crippen LogP contribution is 2.37. The van der Waals surface area contributed by atoms with Gasteiger partial charge in [-0.25, -0.2) is 0 Å². The molecule has 0 heterocycles. The number of amides is 1. The maximum atomic E-state index is 12.2. The molecular formula is C15H22N2O. The number of hydrogen-bond donors (Lipinski definition) is 1. The van der Waals surface area contributed by atoms with Gasteiger partial charge in [-0.15, -0.1) is 0 Å². The molecule has 1 fully saturated rings. The number of nitrogens with zero attached hydrogens (tertiary/aromatic N) is 1. The van der Waals surface area contributed by atoms with Gasteiger partial charge in [0.15, 0.2) is 0 Å². The van der Waals surface area contributed by atoms with Crippen LogP contribution in [-0.4, -0.2) is 17.9 Å². The maximum Gasteiger partial charge on any atom is 0.225 e. The van der Waals surface area contributed by atoms with Crippen LogP contribution >= 0.6 is 0 Å². The van der Waals surface area contributed by atoms with E-state index in [4.69, 9.17) is 5.73 Å². The predicted octanol–water partition coefficient (Wildman–Crippen LogP) is 2.15. The normalized spacial score (nSPS) is 16.4. The summed E-state index contributed by atoms with van der Waals surface area (Å²) in [6, 6.07) is 8.15. The standard InChI is InChI=1S/C15H22N2O/c1-11(14-7-8-14)15(18)17(2)10-13-5-3-12(9-16)4-6-13/h3-6,11,14H,7-10,16H2,1-2H3. The minimum atomic E-state index is 0.179. The van der Waals surface area contributed by atoms with Crippen molar-refractivity contribution in [1.29, 1.82) is 0 Å². The van der Waals surface area contributed by atoms with Crippen LogP contribution in [0.4, 0.5) is 0 Å². The van der Waals surface area contributed by atoms with Crippen LogP contribution in [0.15, 0.2) is 24.3 Å². The second-order valence-electron chi connectivity index (χ2n) is 5.34. The van der Waals surface area contributed by atoms with Crippen LogP contribution in [0.25, 0.3) is 0 Å². The maximum absolute atomic E-state index is 12.2. The molecule has 0 radical (unpaired) electrons. The Morgan fingerprint density at radius 3 is 2.39 bits per heavy atom. The van der Waals surface area contributed by atoms with E-state index in [1.54, 1.807) is 0 Å². The fourth-order valence-electron chi connectivity index (χ4n) is 2.28. The topological polar surface area (TPSA) is 46.3 Å². The molecule has 1 aliphatic rings. The summed E-state index contributed by atoms with van der Waals surface area (Å²) >= 11 is 0. The van der Waals surface area contributed by atoms with Gasteiger partial charge in [-0.1, -0.05) is 31.2 Å². The van der Waals surface area contributed by atoms with Crippen LogP contribution in [-0.2, 0) is 17.9 Å². The van der Waals surface area contributed by atoms with Gasteiger partial charge in [0, 0.05) is 26.1 Å². The molecule has 0 aromatic heterocycles. The molecule has 1 aromatic rings. The van der Waals surface area contributed by atoms with E-state index in [0.29, 0.717) is 19.0 Å². The Labute approximate surface area is 109 Å². The summed E-state index contributed by atoms with van der Waals surface area (Å²) in [6.45, 7) is 3.29. The summed E-state index contributed by atoms with van der Waals surface area (Å²) in [4.78, 5) is 14.0. The van der Waals surface area contributed by atoms with Crippen molar-refractivity contribution in [1.82, 2.24) is 4.90 Å². The average molecular weight is 246 g/mol. The fraction of sp³-hybridized carbons (Fsp3) is 0.533. The van der Waals surface area contributed by atoms with Crippen LogP contribution in [0, 0.1) is 11.8 Å². The molecule has 2 N–H and O–H groups in total. The Morgan fingerprint density at radius 1 is 1.33 bits per heavy atom. The van der Waals surface area contributed by atoms with Crippen molar-refractivity contribution in [2.24, 2.45) is 17.6 Å². The lowest BCUT2D eigenvalue weighted by Gasteiger charge is -2.21. The molecule has 1 saturated carbocycles. The minimum absolute atomic E-state index is 0.179. The van der Waals surface area contributed by atoms with Crippen molar-refractivity contribution in [3.05, 3.63) is 35.4 Å². The van der Waals surface area contributed by atoms with Crippen molar-refractivity contribution in [3.8, 4) is 0 Å². The zero-order valence-electron chi connectivity index (χ0n) is 11.2. The van der Waals surface area contributed by atoms with Gasteiger partial charge in [0.1, 0.15) is 0 Å². The molecule has 1 amide bonds. The third-order valence-corrected chi connectivity index (χ3v) is 3.77. The zero-order valence-corrected chi connectivity index (χ0v) is 11.2. The van der Waals surface area contributed by atoms with E-state index in [0.717, 1.165) is 11.1 Å². The van der Waals surface area contributed by atoms with Crippen LogP contribution in [0.5, 0.6) is 0 Å². The smallest absolute Gasteiger partial charge is 0.225 e. The molecule has 1 aromatic carbocycles. The molecule has 0 bridgehead atoms. The first-order chi connectivity index (χ1) is 8.61. The molecule has 3 nitrogen and oxygen atoms in total. The Hall–Kier alpha value is -1.35. The number of hydrogen-bond acceptors (Lipinski definition) is 2. The van der Waals surface area contributed by atoms with Gasteiger partial charge in [-0.2, -0.15) is 0 Å². The van der Waals surface area contributed by atoms with Gasteiger partial charge in [0.05, 0.1) is 0 Å². The van der Waals surface area contributed by atoms with Crippen molar-refractivity contribution in [2.45, 2.75) is 32.9 Å². The third kappa shape index (κ3) is 3.10. The highest BCUT2D eigenvalue weighted by Gasteiger charge is 2.33. The van der Waals surface area contributed by atoms with Crippen molar-refractivity contribution >= 4 is 5.91 Å². The van der Waals surface area contributed by atoms with Crippen LogP contribution in [0.2, 0.25) is 0 Å². The minimum Gasteiger partial charge on any atom is -0.341 e. The van der Waals surface area contributed by atoms with Gasteiger partial charge in [-0.3, -0.25) is 4.79 Å². The molecule has 18 heavy (non-hydrogen) atoms. The van der Waals surface area contributed by atoms with E-state index in [1.807, 2.05) is 43.1 Å². The number of carbonyl (C=O) groups excluding carboxylic acids is 1. The summed E-state index contributed by atoms with van der Waals surface area (Å²) in [5.74, 6) is 1.07. The van der Waals surface area contributed by atoms with E-state index >= 15 is 0 Å². The monoisotopic (exact) mass is 246 g/mol. The molecular weight excluding hydrogens is 224 g/mol. The Kier molecular flexibility index (Phi) is 4.02. The van der Waals surface area contributed by atoms with Gasteiger partial charge in [0.25, 0.3) is 0 Å². The van der Waals surface area contributed by atoms with Gasteiger partial charge in [-0.05, 0) is 29.9 Å². The Balaban J connectivity index is 1.92. The van der Waals surface area contributed by atoms with E-state index < -0.39 is 0 Å². The molecule has 2 rings (SSSR count). The number of benzene rings is 1. The Bertz CT molecular complexity index is 409. The SMILES string of the molecule is CC(C(=O)N(C)Cc1ccc(CN)cc1)C1CC1. The van der Waals surface area contributed by atoms with Crippen LogP contribution in [0.3, 0.4) is 0 Å². The molecule has 3 heteroatoms. The van der Waals surface area contributed by atoms with E-state index in [-0.39, 0.29) is 11.8 Å². The highest BCUT2D eigenvalue weighted by atomic mass is 16.2. The van der Waals surface area contributed by atoms with Gasteiger partial charge < -0.3 is 10.6 Å². The highest BCUT2D eigenvalue weighted by molar-refractivity contribution is 5.78. The van der Waals surface area contributed by atoms with Crippen molar-refractivity contribution in [3.63, 3.8) is 0 Å². The second-order valence-corrected chi connectivity index (χ2v) is 5.34. The number of rotatable bonds is 5. The lowest BCUT2D eigenvalue weighted by Crippen LogP contribution is -2.32. The summed E-state index contributed by atoms with van der Waals surface area (Å²) in [7, 11) is 1.89. The van der Waals surface area contributed by atoms with Gasteiger partial charge in [0.2, 0.25) is 5.91 Å². The largest absolute Gasteiger partial charge is 0.341 e. The summed E-state index contributed by atoms with van der Waals surface area (Å²) in [6.07, 6.45) is 2.43. The molecule has 98 valence electrons. The third-order valence-electron chi connectivity index (χ3n) is 3.77. The molecule has 0 aliphatic heterocycles. The van der Waals surface area contributed by atoms with Crippen LogP contribution < -0.4 is 5.73 Å². The second kappa shape index (κ2) is 5.53. The fourth-order valence-corrected chi connectivity index (χ4v) is 2.28. The quantitative estimate of drug-likeness (QED) is 0.865. The molecule has 0 spiro atoms. The summed E-state index contributed by atoms with van der Waals surface area (Å²) in [5.41, 5.74) is 7.85. The molecule has 0 saturated heterocycles. The number of nitrogens with two attached hydrogens (primary N) is 1. The van der Waals surface area contributed by atoms with Crippen LogP contribution in [0.1, 0.15) is 30.9 Å². The van der Waals surface area contributed by atoms with E-state index in [2.05, 4.69) is 0 Å². The first-order valence-corrected chi connectivity index (χ1v) is 6.64. The van der Waals surface area contributed by atoms with E-state index in [9.17, 15) is 4.79 Å². The van der Waals surface area contributed by atoms with Gasteiger partial charge >= 0.3 is 0 Å². The van der Waals surface area contributed by atoms with Crippen molar-refractivity contribution < 1.29 is 4.79 Å². The predicted molar refractivity (Wildman–Crippen MR) is 72.7 cm³/mol. The summed E-state index contributed by atoms with van der Waals surface area (Å²) in [5, 5.41) is 0. The average Bonchev–Trinajstić information content (AvgIpc) is 3.22. The molecule has 1 unspecified atom stereocenters. The lowest BCUT2D eigenvalue weighted by atomic mass is 10.0. The summed E-state index contributed by atoms with van der Waals surface area (Å²) < 4.78 is 0. The Morgan fingerprint density at radius 2 is 1.89 bits per heavy atom. The zero-order chi connectivity index (χ0) is 13.1. The lowest BCUT2D eigenvalue weighted by molar-refractivity contribution is -0.134. The first kappa shape index (κ1) is 13.1. The first-order valence-electron chi connectivity index (χ1n) is 6.64. The number of carbonyl (C=O) groups is 1. The molecule has 1 atom stereocenters. The molecule has 1 aliphatic carbocycles. The van der Waals surface area contributed by atoms with E-state index in [1.165, 1.54) is 12.8 Å². The van der Waals surface area contributed by atoms with Crippen molar-refractivity contribution in [2.75, 3.05) is 7.05 Å².